The maximum atomic E-state index is 6.06. The van der Waals surface area contributed by atoms with Gasteiger partial charge in [-0.3, -0.25) is 0 Å². The summed E-state index contributed by atoms with van der Waals surface area (Å²) in [5.41, 5.74) is 8.44. The molecular weight excluding hydrogens is 202 g/mol. The molecule has 0 aliphatic carbocycles. The summed E-state index contributed by atoms with van der Waals surface area (Å²) in [5.74, 6) is 0. The molecule has 16 heavy (non-hydrogen) atoms. The molecule has 0 amide bonds. The van der Waals surface area contributed by atoms with Gasteiger partial charge >= 0.3 is 0 Å². The summed E-state index contributed by atoms with van der Waals surface area (Å²) in [7, 11) is 0. The van der Waals surface area contributed by atoms with E-state index in [0.717, 1.165) is 18.6 Å². The Morgan fingerprint density at radius 2 is 2.19 bits per heavy atom. The largest absolute Gasteiger partial charge is 0.379 e. The first-order valence-electron chi connectivity index (χ1n) is 5.77. The number of ether oxygens (including phenoxy) is 2. The van der Waals surface area contributed by atoms with E-state index in [9.17, 15) is 0 Å². The van der Waals surface area contributed by atoms with Gasteiger partial charge in [0, 0.05) is 6.61 Å². The monoisotopic (exact) mass is 221 g/mol. The van der Waals surface area contributed by atoms with Gasteiger partial charge in [0.1, 0.15) is 0 Å². The third kappa shape index (κ3) is 3.04. The van der Waals surface area contributed by atoms with Crippen molar-refractivity contribution in [2.45, 2.75) is 25.5 Å². The maximum absolute atomic E-state index is 6.06. The molecule has 0 spiro atoms. The van der Waals surface area contributed by atoms with Gasteiger partial charge in [0.2, 0.25) is 0 Å². The van der Waals surface area contributed by atoms with Gasteiger partial charge in [0.05, 0.1) is 25.4 Å². The van der Waals surface area contributed by atoms with Crippen LogP contribution >= 0.6 is 0 Å². The van der Waals surface area contributed by atoms with E-state index in [0.29, 0.717) is 13.2 Å². The Bertz CT molecular complexity index is 317. The molecule has 2 N–H and O–H groups in total. The van der Waals surface area contributed by atoms with Crippen LogP contribution in [0.4, 0.5) is 0 Å². The van der Waals surface area contributed by atoms with Crippen molar-refractivity contribution in [1.82, 2.24) is 0 Å². The van der Waals surface area contributed by atoms with E-state index in [2.05, 4.69) is 31.2 Å². The van der Waals surface area contributed by atoms with Gasteiger partial charge in [-0.25, -0.2) is 0 Å². The predicted octanol–water partition coefficient (Wildman–Crippen LogP) is 1.80. The van der Waals surface area contributed by atoms with Crippen LogP contribution in [0.3, 0.4) is 0 Å². The highest BCUT2D eigenvalue weighted by Gasteiger charge is 2.17. The lowest BCUT2D eigenvalue weighted by Crippen LogP contribution is -2.22. The highest BCUT2D eigenvalue weighted by Crippen LogP contribution is 2.15. The summed E-state index contributed by atoms with van der Waals surface area (Å²) in [4.78, 5) is 0. The van der Waals surface area contributed by atoms with E-state index in [-0.39, 0.29) is 12.1 Å². The molecule has 0 bridgehead atoms. The van der Waals surface area contributed by atoms with Crippen LogP contribution in [0.2, 0.25) is 0 Å². The zero-order valence-corrected chi connectivity index (χ0v) is 9.69. The van der Waals surface area contributed by atoms with E-state index in [1.165, 1.54) is 5.56 Å². The summed E-state index contributed by atoms with van der Waals surface area (Å²) in [6.45, 7) is 4.16. The van der Waals surface area contributed by atoms with Crippen molar-refractivity contribution in [2.75, 3.05) is 19.8 Å². The number of rotatable bonds is 4. The molecule has 3 nitrogen and oxygen atoms in total. The van der Waals surface area contributed by atoms with Crippen molar-refractivity contribution in [1.29, 1.82) is 0 Å². The number of hydrogen-bond donors (Lipinski definition) is 1. The van der Waals surface area contributed by atoms with Crippen molar-refractivity contribution < 1.29 is 9.47 Å². The Hall–Kier alpha value is -0.900. The molecule has 0 aromatic heterocycles. The van der Waals surface area contributed by atoms with Crippen LogP contribution in [-0.2, 0) is 9.47 Å². The molecule has 3 heteroatoms. The number of hydrogen-bond acceptors (Lipinski definition) is 3. The Morgan fingerprint density at radius 1 is 1.44 bits per heavy atom. The number of benzene rings is 1. The Morgan fingerprint density at radius 3 is 2.81 bits per heavy atom. The molecule has 1 saturated heterocycles. The highest BCUT2D eigenvalue weighted by atomic mass is 16.5. The molecule has 2 atom stereocenters. The number of aryl methyl sites for hydroxylation is 1. The molecule has 2 unspecified atom stereocenters. The van der Waals surface area contributed by atoms with Crippen LogP contribution in [0, 0.1) is 6.92 Å². The predicted molar refractivity (Wildman–Crippen MR) is 63.3 cm³/mol. The van der Waals surface area contributed by atoms with Crippen LogP contribution in [0.25, 0.3) is 0 Å². The lowest BCUT2D eigenvalue weighted by atomic mass is 10.1. The molecule has 1 aromatic carbocycles. The molecule has 1 aliphatic heterocycles. The molecule has 0 saturated carbocycles. The standard InChI is InChI=1S/C13H19NO2/c1-10-2-4-11(5-3-10)13(14)9-16-12-6-7-15-8-12/h2-5,12-13H,6-9,14H2,1H3. The summed E-state index contributed by atoms with van der Waals surface area (Å²) < 4.78 is 10.9. The highest BCUT2D eigenvalue weighted by molar-refractivity contribution is 5.23. The van der Waals surface area contributed by atoms with Crippen molar-refractivity contribution in [3.05, 3.63) is 35.4 Å². The molecule has 1 aliphatic rings. The Labute approximate surface area is 96.5 Å². The fourth-order valence-corrected chi connectivity index (χ4v) is 1.79. The van der Waals surface area contributed by atoms with Gasteiger partial charge in [-0.1, -0.05) is 29.8 Å². The SMILES string of the molecule is Cc1ccc(C(N)COC2CCOC2)cc1. The smallest absolute Gasteiger partial charge is 0.0831 e. The third-order valence-corrected chi connectivity index (χ3v) is 2.90. The molecule has 88 valence electrons. The first kappa shape index (κ1) is 11.6. The van der Waals surface area contributed by atoms with Crippen LogP contribution in [0.1, 0.15) is 23.6 Å². The first-order chi connectivity index (χ1) is 7.75. The topological polar surface area (TPSA) is 44.5 Å². The average molecular weight is 221 g/mol. The second-order valence-corrected chi connectivity index (χ2v) is 4.34. The molecule has 2 rings (SSSR count). The second-order valence-electron chi connectivity index (χ2n) is 4.34. The summed E-state index contributed by atoms with van der Waals surface area (Å²) in [6, 6.07) is 8.24. The van der Waals surface area contributed by atoms with E-state index in [4.69, 9.17) is 15.2 Å². The van der Waals surface area contributed by atoms with Gasteiger partial charge in [-0.15, -0.1) is 0 Å². The van der Waals surface area contributed by atoms with E-state index in [1.807, 2.05) is 0 Å². The molecule has 1 aromatic rings. The Kier molecular flexibility index (Phi) is 3.93. The summed E-state index contributed by atoms with van der Waals surface area (Å²) in [5, 5.41) is 0. The Balaban J connectivity index is 1.82. The van der Waals surface area contributed by atoms with Gasteiger partial charge in [-0.05, 0) is 18.9 Å². The molecule has 1 heterocycles. The molecule has 0 radical (unpaired) electrons. The quantitative estimate of drug-likeness (QED) is 0.843. The average Bonchev–Trinajstić information content (AvgIpc) is 2.80. The van der Waals surface area contributed by atoms with Crippen molar-refractivity contribution >= 4 is 0 Å². The van der Waals surface area contributed by atoms with Gasteiger partial charge in [0.15, 0.2) is 0 Å². The second kappa shape index (κ2) is 5.43. The fourth-order valence-electron chi connectivity index (χ4n) is 1.79. The van der Waals surface area contributed by atoms with Crippen LogP contribution < -0.4 is 5.73 Å². The minimum absolute atomic E-state index is 0.0406. The van der Waals surface area contributed by atoms with Crippen LogP contribution in [0.5, 0.6) is 0 Å². The zero-order chi connectivity index (χ0) is 11.4. The first-order valence-corrected chi connectivity index (χ1v) is 5.77. The van der Waals surface area contributed by atoms with E-state index < -0.39 is 0 Å². The van der Waals surface area contributed by atoms with Gasteiger partial charge in [0.25, 0.3) is 0 Å². The van der Waals surface area contributed by atoms with Gasteiger partial charge in [-0.2, -0.15) is 0 Å². The third-order valence-electron chi connectivity index (χ3n) is 2.90. The molecular formula is C13H19NO2. The normalized spacial score (nSPS) is 22.2. The van der Waals surface area contributed by atoms with Crippen molar-refractivity contribution in [3.8, 4) is 0 Å². The van der Waals surface area contributed by atoms with Crippen molar-refractivity contribution in [3.63, 3.8) is 0 Å². The minimum Gasteiger partial charge on any atom is -0.379 e. The van der Waals surface area contributed by atoms with E-state index >= 15 is 0 Å². The van der Waals surface area contributed by atoms with Crippen LogP contribution in [0.15, 0.2) is 24.3 Å². The van der Waals surface area contributed by atoms with Crippen molar-refractivity contribution in [2.24, 2.45) is 5.73 Å². The maximum Gasteiger partial charge on any atom is 0.0831 e. The van der Waals surface area contributed by atoms with E-state index in [1.54, 1.807) is 0 Å². The fraction of sp³-hybridized carbons (Fsp3) is 0.538. The summed E-state index contributed by atoms with van der Waals surface area (Å²) in [6.07, 6.45) is 1.22. The minimum atomic E-state index is -0.0406. The summed E-state index contributed by atoms with van der Waals surface area (Å²) >= 11 is 0. The lowest BCUT2D eigenvalue weighted by Gasteiger charge is -2.15. The lowest BCUT2D eigenvalue weighted by molar-refractivity contribution is 0.0349. The number of nitrogens with two attached hydrogens (primary N) is 1. The molecule has 1 fully saturated rings. The van der Waals surface area contributed by atoms with Gasteiger partial charge < -0.3 is 15.2 Å². The van der Waals surface area contributed by atoms with Crippen LogP contribution in [-0.4, -0.2) is 25.9 Å². The zero-order valence-electron chi connectivity index (χ0n) is 9.69.